The molecular weight excluding hydrogens is 254 g/mol. The topological polar surface area (TPSA) is 48.3 Å². The molecule has 1 N–H and O–H groups in total. The molecule has 1 atom stereocenters. The lowest BCUT2D eigenvalue weighted by atomic mass is 10.2. The number of ether oxygens (including phenoxy) is 2. The van der Waals surface area contributed by atoms with Crippen LogP contribution in [0.25, 0.3) is 0 Å². The zero-order chi connectivity index (χ0) is 13.4. The van der Waals surface area contributed by atoms with Gasteiger partial charge in [-0.15, -0.1) is 0 Å². The fourth-order valence-electron chi connectivity index (χ4n) is 1.71. The van der Waals surface area contributed by atoms with E-state index in [1.54, 1.807) is 18.0 Å². The molecule has 0 radical (unpaired) electrons. The van der Waals surface area contributed by atoms with E-state index in [0.717, 1.165) is 18.7 Å². The summed E-state index contributed by atoms with van der Waals surface area (Å²) >= 11 is 6.16. The molecule has 1 unspecified atom stereocenters. The Morgan fingerprint density at radius 3 is 2.83 bits per heavy atom. The molecule has 6 heteroatoms. The van der Waals surface area contributed by atoms with Gasteiger partial charge in [0.05, 0.1) is 42.8 Å². The largest absolute Gasteiger partial charge is 0.382 e. The van der Waals surface area contributed by atoms with Crippen molar-refractivity contribution in [1.29, 1.82) is 0 Å². The summed E-state index contributed by atoms with van der Waals surface area (Å²) in [7, 11) is 3.55. The van der Waals surface area contributed by atoms with Crippen molar-refractivity contribution in [3.05, 3.63) is 16.9 Å². The van der Waals surface area contributed by atoms with Gasteiger partial charge < -0.3 is 14.8 Å². The van der Waals surface area contributed by atoms with E-state index < -0.39 is 0 Å². The molecule has 1 heterocycles. The van der Waals surface area contributed by atoms with Crippen LogP contribution >= 0.6 is 11.6 Å². The van der Waals surface area contributed by atoms with E-state index in [1.165, 1.54) is 0 Å². The normalized spacial score (nSPS) is 12.9. The first-order valence-electron chi connectivity index (χ1n) is 6.18. The third-order valence-corrected chi connectivity index (χ3v) is 2.92. The van der Waals surface area contributed by atoms with Gasteiger partial charge in [0.2, 0.25) is 0 Å². The summed E-state index contributed by atoms with van der Waals surface area (Å²) in [6.45, 7) is 4.78. The second kappa shape index (κ2) is 8.48. The zero-order valence-electron chi connectivity index (χ0n) is 11.3. The summed E-state index contributed by atoms with van der Waals surface area (Å²) in [6, 6.07) is 0.0572. The molecular formula is C12H22ClN3O2. The van der Waals surface area contributed by atoms with Gasteiger partial charge in [0, 0.05) is 14.2 Å². The van der Waals surface area contributed by atoms with Gasteiger partial charge in [0.1, 0.15) is 0 Å². The number of methoxy groups -OCH3 is 1. The van der Waals surface area contributed by atoms with E-state index >= 15 is 0 Å². The Labute approximate surface area is 113 Å². The molecule has 18 heavy (non-hydrogen) atoms. The van der Waals surface area contributed by atoms with Gasteiger partial charge in [-0.3, -0.25) is 4.68 Å². The van der Waals surface area contributed by atoms with E-state index in [0.29, 0.717) is 24.8 Å². The number of nitrogens with zero attached hydrogens (tertiary/aromatic N) is 2. The molecule has 0 amide bonds. The zero-order valence-corrected chi connectivity index (χ0v) is 12.0. The Morgan fingerprint density at radius 2 is 2.28 bits per heavy atom. The van der Waals surface area contributed by atoms with Crippen molar-refractivity contribution in [2.75, 3.05) is 33.5 Å². The molecule has 104 valence electrons. The Bertz CT molecular complexity index is 325. The number of nitrogens with one attached hydrogen (secondary N) is 1. The van der Waals surface area contributed by atoms with Gasteiger partial charge in [0.15, 0.2) is 0 Å². The highest BCUT2D eigenvalue weighted by Crippen LogP contribution is 2.22. The van der Waals surface area contributed by atoms with E-state index in [1.807, 2.05) is 7.05 Å². The van der Waals surface area contributed by atoms with E-state index in [9.17, 15) is 0 Å². The summed E-state index contributed by atoms with van der Waals surface area (Å²) in [5.74, 6) is 0. The molecule has 0 aromatic carbocycles. The van der Waals surface area contributed by atoms with Gasteiger partial charge >= 0.3 is 0 Å². The summed E-state index contributed by atoms with van der Waals surface area (Å²) in [4.78, 5) is 0. The number of aromatic nitrogens is 2. The number of hydrogen-bond acceptors (Lipinski definition) is 4. The van der Waals surface area contributed by atoms with Crippen LogP contribution in [0.1, 0.15) is 25.1 Å². The molecule has 0 aliphatic heterocycles. The Morgan fingerprint density at radius 1 is 1.50 bits per heavy atom. The molecule has 0 aliphatic rings. The van der Waals surface area contributed by atoms with Gasteiger partial charge in [-0.05, 0) is 13.0 Å². The molecule has 0 saturated heterocycles. The second-order valence-electron chi connectivity index (χ2n) is 4.08. The maximum absolute atomic E-state index is 6.16. The molecule has 0 saturated carbocycles. The van der Waals surface area contributed by atoms with Crippen LogP contribution in [-0.2, 0) is 16.5 Å². The third kappa shape index (κ3) is 4.57. The Kier molecular flexibility index (Phi) is 7.27. The molecule has 0 bridgehead atoms. The lowest BCUT2D eigenvalue weighted by molar-refractivity contribution is 0.0575. The van der Waals surface area contributed by atoms with E-state index in [2.05, 4.69) is 17.3 Å². The van der Waals surface area contributed by atoms with Crippen LogP contribution in [0.5, 0.6) is 0 Å². The molecule has 1 aromatic heterocycles. The summed E-state index contributed by atoms with van der Waals surface area (Å²) in [5.41, 5.74) is 0.961. The summed E-state index contributed by atoms with van der Waals surface area (Å²) in [5, 5.41) is 8.24. The monoisotopic (exact) mass is 275 g/mol. The highest BCUT2D eigenvalue weighted by atomic mass is 35.5. The number of hydrogen-bond donors (Lipinski definition) is 1. The van der Waals surface area contributed by atoms with Gasteiger partial charge in [-0.2, -0.15) is 5.10 Å². The van der Waals surface area contributed by atoms with Crippen molar-refractivity contribution >= 4 is 11.6 Å². The Hall–Kier alpha value is -0.620. The molecule has 1 aromatic rings. The van der Waals surface area contributed by atoms with Crippen molar-refractivity contribution in [3.8, 4) is 0 Å². The van der Waals surface area contributed by atoms with Crippen LogP contribution < -0.4 is 5.32 Å². The summed E-state index contributed by atoms with van der Waals surface area (Å²) in [6.07, 6.45) is 2.72. The van der Waals surface area contributed by atoms with Crippen LogP contribution in [0.2, 0.25) is 5.02 Å². The minimum Gasteiger partial charge on any atom is -0.382 e. The first kappa shape index (κ1) is 15.4. The number of rotatable bonds is 9. The SMILES string of the molecule is CCCNC(COCCOC)c1c(Cl)cnn1C. The van der Waals surface area contributed by atoms with Gasteiger partial charge in [-0.1, -0.05) is 18.5 Å². The number of halogens is 1. The highest BCUT2D eigenvalue weighted by Gasteiger charge is 2.18. The summed E-state index contributed by atoms with van der Waals surface area (Å²) < 4.78 is 12.3. The fourth-order valence-corrected chi connectivity index (χ4v) is 2.01. The second-order valence-corrected chi connectivity index (χ2v) is 4.48. The van der Waals surface area contributed by atoms with Crippen LogP contribution in [0.15, 0.2) is 6.20 Å². The van der Waals surface area contributed by atoms with Gasteiger partial charge in [0.25, 0.3) is 0 Å². The maximum Gasteiger partial charge on any atom is 0.0834 e. The van der Waals surface area contributed by atoms with Crippen LogP contribution in [-0.4, -0.2) is 43.3 Å². The minimum absolute atomic E-state index is 0.0572. The predicted molar refractivity (Wildman–Crippen MR) is 71.9 cm³/mol. The average molecular weight is 276 g/mol. The van der Waals surface area contributed by atoms with Crippen molar-refractivity contribution in [2.24, 2.45) is 7.05 Å². The molecule has 0 fully saturated rings. The van der Waals surface area contributed by atoms with E-state index in [4.69, 9.17) is 21.1 Å². The van der Waals surface area contributed by atoms with Crippen LogP contribution in [0.4, 0.5) is 0 Å². The molecule has 0 spiro atoms. The van der Waals surface area contributed by atoms with Crippen LogP contribution in [0.3, 0.4) is 0 Å². The van der Waals surface area contributed by atoms with E-state index in [-0.39, 0.29) is 6.04 Å². The quantitative estimate of drug-likeness (QED) is 0.698. The van der Waals surface area contributed by atoms with Crippen molar-refractivity contribution in [2.45, 2.75) is 19.4 Å². The standard InChI is InChI=1S/C12H22ClN3O2/c1-4-5-14-11(9-18-7-6-17-3)12-10(13)8-15-16(12)2/h8,11,14H,4-7,9H2,1-3H3. The highest BCUT2D eigenvalue weighted by molar-refractivity contribution is 6.31. The third-order valence-electron chi connectivity index (χ3n) is 2.62. The first-order valence-corrected chi connectivity index (χ1v) is 6.56. The first-order chi connectivity index (χ1) is 8.70. The molecule has 5 nitrogen and oxygen atoms in total. The Balaban J connectivity index is 2.60. The van der Waals surface area contributed by atoms with Gasteiger partial charge in [-0.25, -0.2) is 0 Å². The minimum atomic E-state index is 0.0572. The lowest BCUT2D eigenvalue weighted by Crippen LogP contribution is -2.29. The maximum atomic E-state index is 6.16. The van der Waals surface area contributed by atoms with Crippen molar-refractivity contribution in [1.82, 2.24) is 15.1 Å². The van der Waals surface area contributed by atoms with Crippen LogP contribution in [0, 0.1) is 0 Å². The lowest BCUT2D eigenvalue weighted by Gasteiger charge is -2.19. The molecule has 1 rings (SSSR count). The molecule has 0 aliphatic carbocycles. The smallest absolute Gasteiger partial charge is 0.0834 e. The van der Waals surface area contributed by atoms with Crippen molar-refractivity contribution < 1.29 is 9.47 Å². The fraction of sp³-hybridized carbons (Fsp3) is 0.750. The average Bonchev–Trinajstić information content (AvgIpc) is 2.69. The predicted octanol–water partition coefficient (Wildman–Crippen LogP) is 1.78. The number of aryl methyl sites for hydroxylation is 1. The van der Waals surface area contributed by atoms with Crippen molar-refractivity contribution in [3.63, 3.8) is 0 Å².